The number of benzene rings is 1. The molecule has 8 heteroatoms. The predicted octanol–water partition coefficient (Wildman–Crippen LogP) is 4.91. The summed E-state index contributed by atoms with van der Waals surface area (Å²) < 4.78 is 28.1. The van der Waals surface area contributed by atoms with Crippen LogP contribution in [0.25, 0.3) is 10.8 Å². The van der Waals surface area contributed by atoms with Crippen molar-refractivity contribution in [3.05, 3.63) is 57.6 Å². The molecular formula is C22H25F2N5O. The van der Waals surface area contributed by atoms with Gasteiger partial charge in [0.15, 0.2) is 5.82 Å². The number of aryl methyl sites for hydroxylation is 1. The van der Waals surface area contributed by atoms with E-state index in [0.717, 1.165) is 36.5 Å². The van der Waals surface area contributed by atoms with Crippen LogP contribution in [0.1, 0.15) is 67.9 Å². The maximum Gasteiger partial charge on any atom is 0.263 e. The molecule has 1 atom stereocenters. The third-order valence-corrected chi connectivity index (χ3v) is 5.85. The van der Waals surface area contributed by atoms with Crippen LogP contribution in [0.3, 0.4) is 0 Å². The zero-order valence-corrected chi connectivity index (χ0v) is 17.0. The minimum Gasteiger partial charge on any atom is -0.399 e. The van der Waals surface area contributed by atoms with E-state index in [0.29, 0.717) is 17.1 Å². The van der Waals surface area contributed by atoms with Crippen molar-refractivity contribution in [2.75, 3.05) is 11.1 Å². The molecular weight excluding hydrogens is 388 g/mol. The maximum absolute atomic E-state index is 13.2. The smallest absolute Gasteiger partial charge is 0.263 e. The number of halogens is 2. The lowest BCUT2D eigenvalue weighted by atomic mass is 10.0. The van der Waals surface area contributed by atoms with Crippen molar-refractivity contribution in [2.24, 2.45) is 0 Å². The first-order valence-electron chi connectivity index (χ1n) is 10.2. The van der Waals surface area contributed by atoms with Gasteiger partial charge in [0.25, 0.3) is 12.0 Å². The number of nitrogens with one attached hydrogen (secondary N) is 1. The van der Waals surface area contributed by atoms with Crippen molar-refractivity contribution in [3.8, 4) is 0 Å². The predicted molar refractivity (Wildman–Crippen MR) is 114 cm³/mol. The summed E-state index contributed by atoms with van der Waals surface area (Å²) in [5, 5.41) is 13.3. The fourth-order valence-corrected chi connectivity index (χ4v) is 4.21. The van der Waals surface area contributed by atoms with Crippen LogP contribution in [0.15, 0.2) is 35.3 Å². The lowest BCUT2D eigenvalue weighted by Crippen LogP contribution is -2.22. The number of anilines is 2. The normalized spacial score (nSPS) is 15.8. The second-order valence-corrected chi connectivity index (χ2v) is 8.02. The van der Waals surface area contributed by atoms with Gasteiger partial charge in [-0.15, -0.1) is 5.10 Å². The fraction of sp³-hybridized carbons (Fsp3) is 0.409. The molecule has 1 aromatic carbocycles. The molecule has 0 aliphatic heterocycles. The first kappa shape index (κ1) is 20.3. The number of pyridine rings is 1. The Morgan fingerprint density at radius 1 is 1.10 bits per heavy atom. The molecule has 1 fully saturated rings. The average Bonchev–Trinajstić information content (AvgIpc) is 3.24. The zero-order valence-electron chi connectivity index (χ0n) is 17.0. The van der Waals surface area contributed by atoms with E-state index in [1.807, 2.05) is 20.0 Å². The van der Waals surface area contributed by atoms with Crippen LogP contribution < -0.4 is 16.6 Å². The van der Waals surface area contributed by atoms with Gasteiger partial charge in [0.05, 0.1) is 11.7 Å². The van der Waals surface area contributed by atoms with Crippen molar-refractivity contribution in [1.82, 2.24) is 14.8 Å². The van der Waals surface area contributed by atoms with Gasteiger partial charge in [-0.3, -0.25) is 4.79 Å². The van der Waals surface area contributed by atoms with Gasteiger partial charge >= 0.3 is 0 Å². The van der Waals surface area contributed by atoms with Gasteiger partial charge in [0, 0.05) is 40.3 Å². The SMILES string of the molecule is Cc1nnc(N[C@H](C)c2cc(N)cc(C(F)F)c2)c2cn(C3CCCC3)c(=O)cc12. The summed E-state index contributed by atoms with van der Waals surface area (Å²) in [6.45, 7) is 3.67. The summed E-state index contributed by atoms with van der Waals surface area (Å²) >= 11 is 0. The summed E-state index contributed by atoms with van der Waals surface area (Å²) in [6, 6.07) is 5.87. The van der Waals surface area contributed by atoms with Gasteiger partial charge in [-0.1, -0.05) is 12.8 Å². The fourth-order valence-electron chi connectivity index (χ4n) is 4.21. The van der Waals surface area contributed by atoms with Gasteiger partial charge in [-0.25, -0.2) is 8.78 Å². The number of nitrogen functional groups attached to an aromatic ring is 1. The Labute approximate surface area is 173 Å². The number of hydrogen-bond acceptors (Lipinski definition) is 5. The Hall–Kier alpha value is -3.03. The molecule has 2 aromatic heterocycles. The van der Waals surface area contributed by atoms with Gasteiger partial charge in [-0.05, 0) is 50.5 Å². The van der Waals surface area contributed by atoms with E-state index in [2.05, 4.69) is 15.5 Å². The zero-order chi connectivity index (χ0) is 21.4. The molecule has 1 aliphatic rings. The minimum absolute atomic E-state index is 0.0399. The third-order valence-electron chi connectivity index (χ3n) is 5.85. The third kappa shape index (κ3) is 3.86. The van der Waals surface area contributed by atoms with Crippen LogP contribution in [0.2, 0.25) is 0 Å². The molecule has 6 nitrogen and oxygen atoms in total. The Balaban J connectivity index is 1.74. The molecule has 0 saturated heterocycles. The Bertz CT molecular complexity index is 1140. The topological polar surface area (TPSA) is 85.8 Å². The largest absolute Gasteiger partial charge is 0.399 e. The first-order valence-corrected chi connectivity index (χ1v) is 10.2. The number of rotatable bonds is 5. The van der Waals surface area contributed by atoms with Crippen molar-refractivity contribution >= 4 is 22.3 Å². The molecule has 3 aromatic rings. The molecule has 0 amide bonds. The van der Waals surface area contributed by atoms with E-state index < -0.39 is 6.43 Å². The van der Waals surface area contributed by atoms with Gasteiger partial charge in [-0.2, -0.15) is 5.10 Å². The van der Waals surface area contributed by atoms with Gasteiger partial charge < -0.3 is 15.6 Å². The Kier molecular flexibility index (Phi) is 5.40. The second-order valence-electron chi connectivity index (χ2n) is 8.02. The molecule has 0 spiro atoms. The molecule has 3 N–H and O–H groups in total. The number of nitrogens with two attached hydrogens (primary N) is 1. The monoisotopic (exact) mass is 413 g/mol. The van der Waals surface area contributed by atoms with E-state index in [4.69, 9.17) is 5.73 Å². The number of alkyl halides is 2. The summed E-state index contributed by atoms with van der Waals surface area (Å²) in [6.07, 6.45) is 3.47. The summed E-state index contributed by atoms with van der Waals surface area (Å²) in [5.41, 5.74) is 7.24. The standard InChI is InChI=1S/C22H25F2N5O/c1-12(14-7-15(21(23)24)9-16(25)8-14)26-22-19-11-29(17-5-3-4-6-17)20(30)10-18(19)13(2)27-28-22/h7-12,17,21H,3-6,25H2,1-2H3,(H,26,28)/t12-/m1/s1. The molecule has 158 valence electrons. The number of fused-ring (bicyclic) bond motifs is 1. The lowest BCUT2D eigenvalue weighted by molar-refractivity contribution is 0.151. The van der Waals surface area contributed by atoms with E-state index in [1.165, 1.54) is 12.1 Å². The number of nitrogens with zero attached hydrogens (tertiary/aromatic N) is 3. The molecule has 4 rings (SSSR count). The summed E-state index contributed by atoms with van der Waals surface area (Å²) in [7, 11) is 0. The van der Waals surface area contributed by atoms with Crippen LogP contribution in [-0.4, -0.2) is 14.8 Å². The highest BCUT2D eigenvalue weighted by Crippen LogP contribution is 2.32. The molecule has 0 radical (unpaired) electrons. The Morgan fingerprint density at radius 3 is 2.50 bits per heavy atom. The molecule has 0 unspecified atom stereocenters. The highest BCUT2D eigenvalue weighted by Gasteiger charge is 2.20. The van der Waals surface area contributed by atoms with Crippen LogP contribution >= 0.6 is 0 Å². The summed E-state index contributed by atoms with van der Waals surface area (Å²) in [4.78, 5) is 12.7. The highest BCUT2D eigenvalue weighted by atomic mass is 19.3. The van der Waals surface area contributed by atoms with Crippen LogP contribution in [0, 0.1) is 6.92 Å². The van der Waals surface area contributed by atoms with Crippen molar-refractivity contribution in [1.29, 1.82) is 0 Å². The second kappa shape index (κ2) is 8.01. The van der Waals surface area contributed by atoms with Crippen LogP contribution in [-0.2, 0) is 0 Å². The molecule has 0 bridgehead atoms. The van der Waals surface area contributed by atoms with E-state index in [1.54, 1.807) is 16.7 Å². The number of hydrogen-bond donors (Lipinski definition) is 2. The van der Waals surface area contributed by atoms with Gasteiger partial charge in [0.1, 0.15) is 0 Å². The summed E-state index contributed by atoms with van der Waals surface area (Å²) in [5.74, 6) is 0.510. The van der Waals surface area contributed by atoms with Crippen molar-refractivity contribution in [3.63, 3.8) is 0 Å². The van der Waals surface area contributed by atoms with Gasteiger partial charge in [0.2, 0.25) is 0 Å². The van der Waals surface area contributed by atoms with Crippen molar-refractivity contribution in [2.45, 2.75) is 58.0 Å². The lowest BCUT2D eigenvalue weighted by Gasteiger charge is -2.19. The minimum atomic E-state index is -2.60. The van der Waals surface area contributed by atoms with E-state index in [9.17, 15) is 13.6 Å². The van der Waals surface area contributed by atoms with Crippen molar-refractivity contribution < 1.29 is 8.78 Å². The Morgan fingerprint density at radius 2 is 1.80 bits per heavy atom. The molecule has 1 saturated carbocycles. The molecule has 2 heterocycles. The maximum atomic E-state index is 13.2. The molecule has 1 aliphatic carbocycles. The highest BCUT2D eigenvalue weighted by molar-refractivity contribution is 5.92. The first-order chi connectivity index (χ1) is 14.3. The average molecular weight is 413 g/mol. The number of aromatic nitrogens is 3. The molecule has 30 heavy (non-hydrogen) atoms. The van der Waals surface area contributed by atoms with E-state index in [-0.39, 0.29) is 28.9 Å². The quantitative estimate of drug-likeness (QED) is 0.581. The van der Waals surface area contributed by atoms with Crippen LogP contribution in [0.4, 0.5) is 20.3 Å². The van der Waals surface area contributed by atoms with E-state index >= 15 is 0 Å². The van der Waals surface area contributed by atoms with Crippen LogP contribution in [0.5, 0.6) is 0 Å².